The highest BCUT2D eigenvalue weighted by Gasteiger charge is 2.25. The van der Waals surface area contributed by atoms with Crippen LogP contribution in [0.15, 0.2) is 0 Å². The number of hydrogen-bond donors (Lipinski definition) is 2. The number of hydrogen-bond acceptors (Lipinski definition) is 2. The molecule has 0 saturated heterocycles. The van der Waals surface area contributed by atoms with E-state index < -0.39 is 11.9 Å². The molecule has 16 heavy (non-hydrogen) atoms. The van der Waals surface area contributed by atoms with Gasteiger partial charge in [0.05, 0.1) is 5.92 Å². The second-order valence-corrected chi connectivity index (χ2v) is 4.95. The highest BCUT2D eigenvalue weighted by molar-refractivity contribution is 5.79. The van der Waals surface area contributed by atoms with E-state index in [9.17, 15) is 9.59 Å². The van der Waals surface area contributed by atoms with Crippen molar-refractivity contribution in [1.82, 2.24) is 5.32 Å². The summed E-state index contributed by atoms with van der Waals surface area (Å²) in [5, 5.41) is 11.4. The molecule has 0 aromatic carbocycles. The van der Waals surface area contributed by atoms with E-state index in [0.29, 0.717) is 5.92 Å². The summed E-state index contributed by atoms with van der Waals surface area (Å²) in [6, 6.07) is 0. The molecule has 4 heteroatoms. The first-order chi connectivity index (χ1) is 7.50. The summed E-state index contributed by atoms with van der Waals surface area (Å²) in [4.78, 5) is 22.4. The molecule has 0 aliphatic heterocycles. The molecule has 1 saturated carbocycles. The van der Waals surface area contributed by atoms with Gasteiger partial charge >= 0.3 is 5.97 Å². The molecule has 4 nitrogen and oxygen atoms in total. The van der Waals surface area contributed by atoms with Crippen LogP contribution in [0.5, 0.6) is 0 Å². The zero-order valence-electron chi connectivity index (χ0n) is 10.0. The Morgan fingerprint density at radius 2 is 2.12 bits per heavy atom. The van der Waals surface area contributed by atoms with Crippen LogP contribution in [0.25, 0.3) is 0 Å². The predicted molar refractivity (Wildman–Crippen MR) is 60.9 cm³/mol. The molecule has 0 radical (unpaired) electrons. The molecule has 1 fully saturated rings. The average molecular weight is 227 g/mol. The van der Waals surface area contributed by atoms with Gasteiger partial charge in [-0.1, -0.05) is 26.7 Å². The fourth-order valence-corrected chi connectivity index (χ4v) is 2.16. The lowest BCUT2D eigenvalue weighted by molar-refractivity contribution is -0.141. The van der Waals surface area contributed by atoms with Crippen molar-refractivity contribution in [2.75, 3.05) is 6.54 Å². The summed E-state index contributed by atoms with van der Waals surface area (Å²) < 4.78 is 0. The monoisotopic (exact) mass is 227 g/mol. The molecule has 0 aromatic rings. The molecule has 0 bridgehead atoms. The van der Waals surface area contributed by atoms with Crippen molar-refractivity contribution in [3.8, 4) is 0 Å². The molecule has 1 amide bonds. The van der Waals surface area contributed by atoms with Crippen molar-refractivity contribution in [2.24, 2.45) is 17.8 Å². The first kappa shape index (κ1) is 13.0. The zero-order chi connectivity index (χ0) is 12.1. The number of aliphatic carboxylic acids is 1. The quantitative estimate of drug-likeness (QED) is 0.767. The lowest BCUT2D eigenvalue weighted by Gasteiger charge is -2.26. The SMILES string of the molecule is CC1CCCC(C(=O)NCC(C)C(=O)O)C1. The van der Waals surface area contributed by atoms with Crippen LogP contribution in [0.4, 0.5) is 0 Å². The third-order valence-electron chi connectivity index (χ3n) is 3.31. The summed E-state index contributed by atoms with van der Waals surface area (Å²) in [5.41, 5.74) is 0. The van der Waals surface area contributed by atoms with Gasteiger partial charge in [0.2, 0.25) is 5.91 Å². The maximum atomic E-state index is 11.8. The molecule has 1 aliphatic carbocycles. The van der Waals surface area contributed by atoms with Gasteiger partial charge in [-0.3, -0.25) is 9.59 Å². The van der Waals surface area contributed by atoms with Gasteiger partial charge < -0.3 is 10.4 Å². The van der Waals surface area contributed by atoms with E-state index >= 15 is 0 Å². The van der Waals surface area contributed by atoms with Gasteiger partial charge in [0.15, 0.2) is 0 Å². The highest BCUT2D eigenvalue weighted by Crippen LogP contribution is 2.28. The normalized spacial score (nSPS) is 27.1. The maximum absolute atomic E-state index is 11.8. The number of carbonyl (C=O) groups is 2. The number of amides is 1. The van der Waals surface area contributed by atoms with Gasteiger partial charge in [-0.2, -0.15) is 0 Å². The van der Waals surface area contributed by atoms with Crippen LogP contribution in [-0.4, -0.2) is 23.5 Å². The standard InChI is InChI=1S/C12H21NO3/c1-8-4-3-5-10(6-8)11(14)13-7-9(2)12(15)16/h8-10H,3-7H2,1-2H3,(H,13,14)(H,15,16). The first-order valence-corrected chi connectivity index (χ1v) is 6.01. The van der Waals surface area contributed by atoms with E-state index in [4.69, 9.17) is 5.11 Å². The van der Waals surface area contributed by atoms with Gasteiger partial charge in [0, 0.05) is 12.5 Å². The molecule has 0 heterocycles. The Kier molecular flexibility index (Phi) is 4.77. The second kappa shape index (κ2) is 5.87. The average Bonchev–Trinajstić information content (AvgIpc) is 2.25. The second-order valence-electron chi connectivity index (χ2n) is 4.95. The Hall–Kier alpha value is -1.06. The van der Waals surface area contributed by atoms with Crippen LogP contribution in [-0.2, 0) is 9.59 Å². The Bertz CT molecular complexity index is 265. The van der Waals surface area contributed by atoms with Gasteiger partial charge in [0.25, 0.3) is 0 Å². The van der Waals surface area contributed by atoms with Crippen molar-refractivity contribution in [1.29, 1.82) is 0 Å². The van der Waals surface area contributed by atoms with Crippen molar-refractivity contribution >= 4 is 11.9 Å². The smallest absolute Gasteiger partial charge is 0.308 e. The number of carbonyl (C=O) groups excluding carboxylic acids is 1. The van der Waals surface area contributed by atoms with Crippen molar-refractivity contribution in [3.05, 3.63) is 0 Å². The van der Waals surface area contributed by atoms with E-state index in [-0.39, 0.29) is 18.4 Å². The van der Waals surface area contributed by atoms with E-state index in [1.807, 2.05) is 0 Å². The molecule has 0 spiro atoms. The highest BCUT2D eigenvalue weighted by atomic mass is 16.4. The third kappa shape index (κ3) is 3.83. The topological polar surface area (TPSA) is 66.4 Å². The minimum Gasteiger partial charge on any atom is -0.481 e. The number of rotatable bonds is 4. The number of carboxylic acids is 1. The van der Waals surface area contributed by atoms with E-state index in [0.717, 1.165) is 19.3 Å². The molecule has 1 aliphatic rings. The Balaban J connectivity index is 2.31. The van der Waals surface area contributed by atoms with E-state index in [2.05, 4.69) is 12.2 Å². The Labute approximate surface area is 96.4 Å². The number of carboxylic acid groups (broad SMARTS) is 1. The third-order valence-corrected chi connectivity index (χ3v) is 3.31. The van der Waals surface area contributed by atoms with Gasteiger partial charge in [-0.15, -0.1) is 0 Å². The minimum absolute atomic E-state index is 0.0275. The molecular formula is C12H21NO3. The first-order valence-electron chi connectivity index (χ1n) is 6.01. The van der Waals surface area contributed by atoms with E-state index in [1.54, 1.807) is 6.92 Å². The Morgan fingerprint density at radius 3 is 2.69 bits per heavy atom. The van der Waals surface area contributed by atoms with E-state index in [1.165, 1.54) is 6.42 Å². The van der Waals surface area contributed by atoms with Crippen molar-refractivity contribution in [2.45, 2.75) is 39.5 Å². The van der Waals surface area contributed by atoms with Crippen LogP contribution >= 0.6 is 0 Å². The summed E-state index contributed by atoms with van der Waals surface area (Å²) in [7, 11) is 0. The molecule has 1 rings (SSSR count). The Morgan fingerprint density at radius 1 is 1.44 bits per heavy atom. The van der Waals surface area contributed by atoms with Crippen LogP contribution in [0, 0.1) is 17.8 Å². The molecule has 92 valence electrons. The predicted octanol–water partition coefficient (Wildman–Crippen LogP) is 1.65. The van der Waals surface area contributed by atoms with Crippen LogP contribution < -0.4 is 5.32 Å². The maximum Gasteiger partial charge on any atom is 0.308 e. The summed E-state index contributed by atoms with van der Waals surface area (Å²) in [6.45, 7) is 4.00. The molecule has 2 N–H and O–H groups in total. The fourth-order valence-electron chi connectivity index (χ4n) is 2.16. The minimum atomic E-state index is -0.864. The van der Waals surface area contributed by atoms with Gasteiger partial charge in [0.1, 0.15) is 0 Å². The molecule has 0 aromatic heterocycles. The lowest BCUT2D eigenvalue weighted by atomic mass is 9.82. The van der Waals surface area contributed by atoms with Crippen LogP contribution in [0.3, 0.4) is 0 Å². The van der Waals surface area contributed by atoms with Gasteiger partial charge in [-0.25, -0.2) is 0 Å². The largest absolute Gasteiger partial charge is 0.481 e. The molecule has 3 unspecified atom stereocenters. The van der Waals surface area contributed by atoms with Crippen LogP contribution in [0.1, 0.15) is 39.5 Å². The summed E-state index contributed by atoms with van der Waals surface area (Å²) >= 11 is 0. The molecular weight excluding hydrogens is 206 g/mol. The zero-order valence-corrected chi connectivity index (χ0v) is 10.0. The summed E-state index contributed by atoms with van der Waals surface area (Å²) in [5.74, 6) is -0.645. The summed E-state index contributed by atoms with van der Waals surface area (Å²) in [6.07, 6.45) is 4.19. The van der Waals surface area contributed by atoms with Crippen molar-refractivity contribution < 1.29 is 14.7 Å². The lowest BCUT2D eigenvalue weighted by Crippen LogP contribution is -2.37. The van der Waals surface area contributed by atoms with Crippen molar-refractivity contribution in [3.63, 3.8) is 0 Å². The van der Waals surface area contributed by atoms with Crippen LogP contribution in [0.2, 0.25) is 0 Å². The molecule has 3 atom stereocenters. The fraction of sp³-hybridized carbons (Fsp3) is 0.833. The number of nitrogens with one attached hydrogen (secondary N) is 1. The van der Waals surface area contributed by atoms with Gasteiger partial charge in [-0.05, 0) is 18.8 Å².